The predicted molar refractivity (Wildman–Crippen MR) is 120 cm³/mol. The number of hydrogen-bond acceptors (Lipinski definition) is 5. The number of fused-ring (bicyclic) bond motifs is 1. The molecule has 0 spiro atoms. The average molecular weight is 441 g/mol. The summed E-state index contributed by atoms with van der Waals surface area (Å²) in [4.78, 5) is 47.5. The molecule has 1 aromatic rings. The molecule has 3 aliphatic rings. The molecule has 0 bridgehead atoms. The second-order valence-electron chi connectivity index (χ2n) is 8.68. The average Bonchev–Trinajstić information content (AvgIpc) is 3.40. The molecule has 4 rings (SSSR count). The quantitative estimate of drug-likeness (QED) is 0.737. The number of allylic oxidation sites excluding steroid dienone is 2. The van der Waals surface area contributed by atoms with E-state index in [-0.39, 0.29) is 36.7 Å². The smallest absolute Gasteiger partial charge is 0.250 e. The largest absolute Gasteiger partial charge is 0.352 e. The maximum Gasteiger partial charge on any atom is 0.250 e. The first kappa shape index (κ1) is 21.5. The van der Waals surface area contributed by atoms with Crippen molar-refractivity contribution in [2.45, 2.75) is 64.1 Å². The van der Waals surface area contributed by atoms with Crippen LogP contribution in [0.3, 0.4) is 0 Å². The monoisotopic (exact) mass is 440 g/mol. The van der Waals surface area contributed by atoms with Crippen LogP contribution >= 0.6 is 11.3 Å². The molecule has 0 aromatic carbocycles. The minimum absolute atomic E-state index is 0.0300. The van der Waals surface area contributed by atoms with Crippen molar-refractivity contribution in [1.29, 1.82) is 0 Å². The summed E-state index contributed by atoms with van der Waals surface area (Å²) in [5, 5.41) is 5.03. The standard InChI is InChI=1S/C23H28N4O3S/c1-16-9-10-27-19(12-16)25-20(28)13-23(27,2)22(30)26(14-18-8-5-11-31-18)15-21(29)24-17-6-3-4-7-17/h5,8-12,17H,3-4,6-7,13-15H2,1-2H3,(H,24,29). The molecule has 1 aliphatic carbocycles. The molecular weight excluding hydrogens is 412 g/mol. The van der Waals surface area contributed by atoms with Crippen molar-refractivity contribution in [1.82, 2.24) is 15.1 Å². The third-order valence-corrected chi connectivity index (χ3v) is 6.95. The molecule has 1 saturated carbocycles. The summed E-state index contributed by atoms with van der Waals surface area (Å²) in [6.07, 6.45) is 9.70. The zero-order chi connectivity index (χ0) is 22.0. The van der Waals surface area contributed by atoms with Gasteiger partial charge in [-0.05, 0) is 55.9 Å². The Hall–Kier alpha value is -2.74. The first-order valence-corrected chi connectivity index (χ1v) is 11.6. The maximum atomic E-state index is 13.8. The Morgan fingerprint density at radius 1 is 1.35 bits per heavy atom. The van der Waals surface area contributed by atoms with Crippen LogP contribution in [0.25, 0.3) is 0 Å². The Kier molecular flexibility index (Phi) is 6.09. The molecule has 0 saturated heterocycles. The number of hydrogen-bond donors (Lipinski definition) is 1. The van der Waals surface area contributed by atoms with E-state index >= 15 is 0 Å². The summed E-state index contributed by atoms with van der Waals surface area (Å²) < 4.78 is 0. The van der Waals surface area contributed by atoms with Gasteiger partial charge in [-0.25, -0.2) is 0 Å². The van der Waals surface area contributed by atoms with Gasteiger partial charge in [0.1, 0.15) is 11.4 Å². The summed E-state index contributed by atoms with van der Waals surface area (Å²) in [5.74, 6) is -0.256. The summed E-state index contributed by atoms with van der Waals surface area (Å²) in [6, 6.07) is 4.07. The highest BCUT2D eigenvalue weighted by molar-refractivity contribution is 7.09. The predicted octanol–water partition coefficient (Wildman–Crippen LogP) is 3.00. The van der Waals surface area contributed by atoms with Gasteiger partial charge in [0, 0.05) is 17.1 Å². The van der Waals surface area contributed by atoms with Crippen LogP contribution in [0.4, 0.5) is 0 Å². The molecule has 1 atom stereocenters. The van der Waals surface area contributed by atoms with Crippen molar-refractivity contribution in [3.63, 3.8) is 0 Å². The summed E-state index contributed by atoms with van der Waals surface area (Å²) in [6.45, 7) is 3.98. The molecule has 164 valence electrons. The lowest BCUT2D eigenvalue weighted by Crippen LogP contribution is -2.61. The van der Waals surface area contributed by atoms with Crippen molar-refractivity contribution in [3.8, 4) is 0 Å². The molecule has 1 N–H and O–H groups in total. The number of rotatable bonds is 6. The first-order valence-electron chi connectivity index (χ1n) is 10.7. The van der Waals surface area contributed by atoms with Crippen LogP contribution in [0, 0.1) is 0 Å². The number of nitrogens with one attached hydrogen (secondary N) is 1. The Balaban J connectivity index is 1.58. The van der Waals surface area contributed by atoms with E-state index in [4.69, 9.17) is 0 Å². The number of nitrogens with zero attached hydrogens (tertiary/aromatic N) is 3. The van der Waals surface area contributed by atoms with Crippen LogP contribution in [-0.2, 0) is 20.9 Å². The Morgan fingerprint density at radius 3 is 2.84 bits per heavy atom. The van der Waals surface area contributed by atoms with Crippen molar-refractivity contribution in [2.75, 3.05) is 6.54 Å². The van der Waals surface area contributed by atoms with Crippen LogP contribution < -0.4 is 5.32 Å². The fourth-order valence-corrected chi connectivity index (χ4v) is 5.19. The van der Waals surface area contributed by atoms with Crippen molar-refractivity contribution < 1.29 is 14.4 Å². The zero-order valence-corrected chi connectivity index (χ0v) is 18.8. The summed E-state index contributed by atoms with van der Waals surface area (Å²) >= 11 is 1.54. The second kappa shape index (κ2) is 8.78. The normalized spacial score (nSPS) is 23.3. The highest BCUT2D eigenvalue weighted by atomic mass is 32.1. The summed E-state index contributed by atoms with van der Waals surface area (Å²) in [7, 11) is 0. The molecule has 2 aliphatic heterocycles. The molecule has 1 fully saturated rings. The molecule has 1 aromatic heterocycles. The topological polar surface area (TPSA) is 82.1 Å². The lowest BCUT2D eigenvalue weighted by Gasteiger charge is -2.44. The fraction of sp³-hybridized carbons (Fsp3) is 0.478. The molecule has 3 heterocycles. The van der Waals surface area contributed by atoms with Crippen LogP contribution in [0.5, 0.6) is 0 Å². The van der Waals surface area contributed by atoms with E-state index in [1.807, 2.05) is 30.5 Å². The molecule has 7 nitrogen and oxygen atoms in total. The highest BCUT2D eigenvalue weighted by Gasteiger charge is 2.47. The Bertz CT molecular complexity index is 959. The van der Waals surface area contributed by atoms with E-state index in [2.05, 4.69) is 10.3 Å². The molecular formula is C23H28N4O3S. The first-order chi connectivity index (χ1) is 14.8. The van der Waals surface area contributed by atoms with Gasteiger partial charge in [0.15, 0.2) is 0 Å². The number of aliphatic imine (C=N–C) groups is 1. The van der Waals surface area contributed by atoms with Gasteiger partial charge in [-0.3, -0.25) is 14.4 Å². The minimum Gasteiger partial charge on any atom is -0.352 e. The minimum atomic E-state index is -1.13. The molecule has 31 heavy (non-hydrogen) atoms. The van der Waals surface area contributed by atoms with Crippen LogP contribution in [0.2, 0.25) is 0 Å². The fourth-order valence-electron chi connectivity index (χ4n) is 4.47. The maximum absolute atomic E-state index is 13.8. The van der Waals surface area contributed by atoms with Gasteiger partial charge in [-0.15, -0.1) is 11.3 Å². The lowest BCUT2D eigenvalue weighted by molar-refractivity contribution is -0.146. The van der Waals surface area contributed by atoms with E-state index in [1.165, 1.54) is 0 Å². The molecule has 0 radical (unpaired) electrons. The van der Waals surface area contributed by atoms with Gasteiger partial charge in [0.05, 0.1) is 19.5 Å². The highest BCUT2D eigenvalue weighted by Crippen LogP contribution is 2.31. The van der Waals surface area contributed by atoms with E-state index in [1.54, 1.807) is 40.3 Å². The van der Waals surface area contributed by atoms with Gasteiger partial charge >= 0.3 is 0 Å². The van der Waals surface area contributed by atoms with Gasteiger partial charge in [0.2, 0.25) is 11.8 Å². The van der Waals surface area contributed by atoms with Crippen molar-refractivity contribution >= 4 is 34.9 Å². The molecule has 8 heteroatoms. The summed E-state index contributed by atoms with van der Waals surface area (Å²) in [5.41, 5.74) is -0.168. The number of amidine groups is 1. The van der Waals surface area contributed by atoms with E-state index in [0.29, 0.717) is 12.4 Å². The Labute approximate surface area is 186 Å². The number of amides is 3. The number of carbonyl (C=O) groups is 3. The van der Waals surface area contributed by atoms with Crippen LogP contribution in [0.1, 0.15) is 50.8 Å². The molecule has 3 amide bonds. The van der Waals surface area contributed by atoms with Gasteiger partial charge in [-0.1, -0.05) is 18.9 Å². The van der Waals surface area contributed by atoms with Gasteiger partial charge in [-0.2, -0.15) is 4.99 Å². The zero-order valence-electron chi connectivity index (χ0n) is 18.0. The van der Waals surface area contributed by atoms with E-state index < -0.39 is 5.54 Å². The third-order valence-electron chi connectivity index (χ3n) is 6.09. The van der Waals surface area contributed by atoms with Crippen molar-refractivity contribution in [2.24, 2.45) is 4.99 Å². The molecule has 1 unspecified atom stereocenters. The van der Waals surface area contributed by atoms with Gasteiger partial charge in [0.25, 0.3) is 5.91 Å². The van der Waals surface area contributed by atoms with Crippen molar-refractivity contribution in [3.05, 3.63) is 46.3 Å². The SMILES string of the molecule is CC1=CC2=NC(=O)CC(C)(C(=O)N(CC(=O)NC3CCCC3)Cc3cccs3)N2C=C1. The number of carbonyl (C=O) groups excluding carboxylic acids is 3. The van der Waals surface area contributed by atoms with E-state index in [9.17, 15) is 14.4 Å². The third kappa shape index (κ3) is 4.63. The Morgan fingerprint density at radius 2 is 2.13 bits per heavy atom. The van der Waals surface area contributed by atoms with Crippen LogP contribution in [0.15, 0.2) is 46.4 Å². The van der Waals surface area contributed by atoms with E-state index in [0.717, 1.165) is 36.1 Å². The van der Waals surface area contributed by atoms with Crippen LogP contribution in [-0.4, -0.2) is 51.5 Å². The van der Waals surface area contributed by atoms with Gasteiger partial charge < -0.3 is 15.1 Å². The lowest BCUT2D eigenvalue weighted by atomic mass is 9.90. The second-order valence-corrected chi connectivity index (χ2v) is 9.71. The number of thiophene rings is 1.